The molecule has 2 aliphatic rings. The first-order chi connectivity index (χ1) is 16.2. The number of amides is 1. The number of benzene rings is 1. The monoisotopic (exact) mass is 446 g/mol. The van der Waals surface area contributed by atoms with Gasteiger partial charge in [-0.1, -0.05) is 24.3 Å². The average molecular weight is 447 g/mol. The largest absolute Gasteiger partial charge is 0.489 e. The lowest BCUT2D eigenvalue weighted by Gasteiger charge is -2.32. The Balaban J connectivity index is 1.24. The first-order valence-corrected chi connectivity index (χ1v) is 11.1. The van der Waals surface area contributed by atoms with Crippen LogP contribution in [0.4, 0.5) is 11.5 Å². The van der Waals surface area contributed by atoms with Gasteiger partial charge in [-0.05, 0) is 29.7 Å². The molecule has 170 valence electrons. The van der Waals surface area contributed by atoms with E-state index in [1.54, 1.807) is 35.6 Å². The molecule has 1 aromatic carbocycles. The molecule has 3 aromatic rings. The molecule has 0 fully saturated rings. The highest BCUT2D eigenvalue weighted by molar-refractivity contribution is 5.98. The predicted molar refractivity (Wildman–Crippen MR) is 122 cm³/mol. The van der Waals surface area contributed by atoms with Crippen molar-refractivity contribution < 1.29 is 14.6 Å². The van der Waals surface area contributed by atoms with Crippen LogP contribution in [0.5, 0.6) is 5.75 Å². The molecule has 0 bridgehead atoms. The summed E-state index contributed by atoms with van der Waals surface area (Å²) in [5.41, 5.74) is 3.82. The van der Waals surface area contributed by atoms with Crippen molar-refractivity contribution in [1.29, 1.82) is 0 Å². The zero-order valence-corrected chi connectivity index (χ0v) is 18.2. The predicted octanol–water partition coefficient (Wildman–Crippen LogP) is 1.87. The molecular formula is C24H26N6O3. The maximum absolute atomic E-state index is 13.3. The van der Waals surface area contributed by atoms with Gasteiger partial charge in [0.25, 0.3) is 5.91 Å². The number of nitrogens with zero attached hydrogens (tertiary/aromatic N) is 5. The number of carbonyl (C=O) groups is 1. The van der Waals surface area contributed by atoms with Gasteiger partial charge in [0.15, 0.2) is 5.75 Å². The Kier molecular flexibility index (Phi) is 6.14. The third-order valence-electron chi connectivity index (χ3n) is 5.97. The molecule has 0 saturated heterocycles. The number of β-amino-alcohol motifs (C(OH)–C–C–N with tert-alkyl or cyclic N) is 1. The Morgan fingerprint density at radius 1 is 1.09 bits per heavy atom. The van der Waals surface area contributed by atoms with Gasteiger partial charge in [0.2, 0.25) is 0 Å². The van der Waals surface area contributed by atoms with Gasteiger partial charge in [-0.25, -0.2) is 4.98 Å². The number of rotatable bonds is 6. The Bertz CT molecular complexity index is 1130. The molecule has 5 rings (SSSR count). The fourth-order valence-electron chi connectivity index (χ4n) is 4.34. The minimum atomic E-state index is -0.650. The van der Waals surface area contributed by atoms with Crippen molar-refractivity contribution in [1.82, 2.24) is 25.0 Å². The Labute approximate surface area is 192 Å². The average Bonchev–Trinajstić information content (AvgIpc) is 2.98. The van der Waals surface area contributed by atoms with Crippen molar-refractivity contribution in [3.8, 4) is 5.75 Å². The molecule has 0 radical (unpaired) electrons. The van der Waals surface area contributed by atoms with Crippen LogP contribution >= 0.6 is 0 Å². The summed E-state index contributed by atoms with van der Waals surface area (Å²) in [4.78, 5) is 21.5. The van der Waals surface area contributed by atoms with Gasteiger partial charge in [0, 0.05) is 26.2 Å². The highest BCUT2D eigenvalue weighted by Crippen LogP contribution is 2.26. The fraction of sp³-hybridized carbons (Fsp3) is 0.333. The topological polar surface area (TPSA) is 104 Å². The van der Waals surface area contributed by atoms with E-state index in [4.69, 9.17) is 4.74 Å². The van der Waals surface area contributed by atoms with E-state index in [1.165, 1.54) is 11.1 Å². The number of nitrogens with one attached hydrogen (secondary N) is 1. The van der Waals surface area contributed by atoms with Crippen LogP contribution in [-0.4, -0.2) is 74.9 Å². The number of ether oxygens (including phenoxy) is 1. The van der Waals surface area contributed by atoms with Crippen LogP contribution in [0.2, 0.25) is 0 Å². The lowest BCUT2D eigenvalue weighted by atomic mass is 10.00. The normalized spacial score (nSPS) is 16.9. The molecule has 2 aliphatic heterocycles. The quantitative estimate of drug-likeness (QED) is 0.592. The molecule has 0 saturated carbocycles. The van der Waals surface area contributed by atoms with Crippen LogP contribution in [0, 0.1) is 0 Å². The molecule has 1 amide bonds. The molecule has 2 N–H and O–H groups in total. The summed E-state index contributed by atoms with van der Waals surface area (Å²) >= 11 is 0. The summed E-state index contributed by atoms with van der Waals surface area (Å²) in [6.07, 6.45) is 5.03. The van der Waals surface area contributed by atoms with E-state index in [2.05, 4.69) is 49.7 Å². The van der Waals surface area contributed by atoms with E-state index in [0.717, 1.165) is 25.2 Å². The van der Waals surface area contributed by atoms with E-state index < -0.39 is 6.10 Å². The van der Waals surface area contributed by atoms with Crippen molar-refractivity contribution in [2.24, 2.45) is 0 Å². The molecule has 2 aromatic heterocycles. The van der Waals surface area contributed by atoms with E-state index >= 15 is 0 Å². The number of aromatic nitrogens is 3. The van der Waals surface area contributed by atoms with E-state index in [0.29, 0.717) is 36.8 Å². The smallest absolute Gasteiger partial charge is 0.258 e. The van der Waals surface area contributed by atoms with Gasteiger partial charge in [0.05, 0.1) is 42.5 Å². The fourth-order valence-corrected chi connectivity index (χ4v) is 4.34. The number of anilines is 2. The number of hydrogen-bond acceptors (Lipinski definition) is 8. The van der Waals surface area contributed by atoms with Crippen LogP contribution in [0.1, 0.15) is 21.5 Å². The standard InChI is InChI=1S/C24H26N6O3/c31-20(15-29-8-6-17-3-1-2-4-18(17)14-29)16-30-9-10-33-22-13-25-23(11-21(22)24(30)32)28-19-5-7-26-27-12-19/h1-5,7,11-13,20,31H,6,8-10,14-16H2,(H,25,26,28). The number of hydrogen-bond donors (Lipinski definition) is 2. The Hall–Kier alpha value is -3.56. The lowest BCUT2D eigenvalue weighted by Crippen LogP contribution is -2.44. The first kappa shape index (κ1) is 21.3. The molecule has 4 heterocycles. The van der Waals surface area contributed by atoms with Crippen LogP contribution in [0.3, 0.4) is 0 Å². The second-order valence-electron chi connectivity index (χ2n) is 8.33. The summed E-state index contributed by atoms with van der Waals surface area (Å²) in [5, 5.41) is 21.5. The van der Waals surface area contributed by atoms with Crippen LogP contribution in [-0.2, 0) is 13.0 Å². The number of carbonyl (C=O) groups excluding carboxylic acids is 1. The maximum atomic E-state index is 13.3. The highest BCUT2D eigenvalue weighted by Gasteiger charge is 2.27. The minimum absolute atomic E-state index is 0.177. The van der Waals surface area contributed by atoms with Gasteiger partial charge in [0.1, 0.15) is 12.4 Å². The summed E-state index contributed by atoms with van der Waals surface area (Å²) in [5.74, 6) is 0.778. The third-order valence-corrected chi connectivity index (χ3v) is 5.97. The summed E-state index contributed by atoms with van der Waals surface area (Å²) < 4.78 is 5.76. The minimum Gasteiger partial charge on any atom is -0.489 e. The zero-order valence-electron chi connectivity index (χ0n) is 18.2. The molecular weight excluding hydrogens is 420 g/mol. The van der Waals surface area contributed by atoms with E-state index in [-0.39, 0.29) is 12.5 Å². The number of aliphatic hydroxyl groups is 1. The third kappa shape index (κ3) is 4.94. The molecule has 0 aliphatic carbocycles. The van der Waals surface area contributed by atoms with Gasteiger partial charge in [-0.15, -0.1) is 0 Å². The highest BCUT2D eigenvalue weighted by atomic mass is 16.5. The van der Waals surface area contributed by atoms with Crippen molar-refractivity contribution >= 4 is 17.4 Å². The molecule has 0 spiro atoms. The van der Waals surface area contributed by atoms with E-state index in [1.807, 2.05) is 0 Å². The zero-order chi connectivity index (χ0) is 22.6. The van der Waals surface area contributed by atoms with Crippen molar-refractivity contribution in [3.63, 3.8) is 0 Å². The first-order valence-electron chi connectivity index (χ1n) is 11.1. The second-order valence-corrected chi connectivity index (χ2v) is 8.33. The summed E-state index contributed by atoms with van der Waals surface area (Å²) in [7, 11) is 0. The number of pyridine rings is 1. The van der Waals surface area contributed by atoms with Gasteiger partial charge in [-0.2, -0.15) is 10.2 Å². The molecule has 33 heavy (non-hydrogen) atoms. The molecule has 9 heteroatoms. The maximum Gasteiger partial charge on any atom is 0.258 e. The van der Waals surface area contributed by atoms with Gasteiger partial charge >= 0.3 is 0 Å². The molecule has 1 atom stereocenters. The van der Waals surface area contributed by atoms with Crippen LogP contribution in [0.25, 0.3) is 0 Å². The lowest BCUT2D eigenvalue weighted by molar-refractivity contribution is 0.0501. The molecule has 9 nitrogen and oxygen atoms in total. The second kappa shape index (κ2) is 9.51. The SMILES string of the molecule is O=C1c2cc(Nc3ccnnc3)ncc2OCCN1CC(O)CN1CCc2ccccc2C1. The summed E-state index contributed by atoms with van der Waals surface area (Å²) in [6.45, 7) is 3.25. The van der Waals surface area contributed by atoms with Gasteiger partial charge < -0.3 is 20.1 Å². The van der Waals surface area contributed by atoms with E-state index in [9.17, 15) is 9.90 Å². The van der Waals surface area contributed by atoms with Crippen LogP contribution in [0.15, 0.2) is 55.0 Å². The van der Waals surface area contributed by atoms with Crippen LogP contribution < -0.4 is 10.1 Å². The Morgan fingerprint density at radius 3 is 2.82 bits per heavy atom. The number of aliphatic hydroxyl groups excluding tert-OH is 1. The molecule has 1 unspecified atom stereocenters. The summed E-state index contributed by atoms with van der Waals surface area (Å²) in [6, 6.07) is 11.9. The van der Waals surface area contributed by atoms with Gasteiger partial charge in [-0.3, -0.25) is 9.69 Å². The number of fused-ring (bicyclic) bond motifs is 2. The van der Waals surface area contributed by atoms with Crippen molar-refractivity contribution in [2.75, 3.05) is 38.1 Å². The van der Waals surface area contributed by atoms with Crippen molar-refractivity contribution in [3.05, 3.63) is 71.7 Å². The Morgan fingerprint density at radius 2 is 1.97 bits per heavy atom. The van der Waals surface area contributed by atoms with Crippen molar-refractivity contribution in [2.45, 2.75) is 19.1 Å².